The molecule has 1 aliphatic rings. The summed E-state index contributed by atoms with van der Waals surface area (Å²) in [6, 6.07) is 6.36. The number of benzene rings is 1. The van der Waals surface area contributed by atoms with Crippen molar-refractivity contribution in [3.05, 3.63) is 40.3 Å². The molecule has 1 aromatic heterocycles. The molecule has 0 amide bonds. The Kier molecular flexibility index (Phi) is 3.11. The highest BCUT2D eigenvalue weighted by molar-refractivity contribution is 6.30. The summed E-state index contributed by atoms with van der Waals surface area (Å²) in [6.45, 7) is 0. The SMILES string of the molecule is N#Cc1c(C2CCC2)nn(-c2ccc(F)c(Cl)c2)c1N. The van der Waals surface area contributed by atoms with E-state index in [-0.39, 0.29) is 10.8 Å². The largest absolute Gasteiger partial charge is 0.382 e. The number of hydrogen-bond acceptors (Lipinski definition) is 3. The average Bonchev–Trinajstić information content (AvgIpc) is 2.68. The minimum Gasteiger partial charge on any atom is -0.382 e. The van der Waals surface area contributed by atoms with Gasteiger partial charge in [0.1, 0.15) is 23.3 Å². The Hall–Kier alpha value is -2.06. The Morgan fingerprint density at radius 1 is 1.45 bits per heavy atom. The predicted octanol–water partition coefficient (Wildman–Crippen LogP) is 3.39. The highest BCUT2D eigenvalue weighted by Crippen LogP contribution is 2.39. The minimum absolute atomic E-state index is 0.00102. The summed E-state index contributed by atoms with van der Waals surface area (Å²) in [5.41, 5.74) is 7.69. The van der Waals surface area contributed by atoms with E-state index < -0.39 is 5.82 Å². The van der Waals surface area contributed by atoms with Crippen molar-refractivity contribution in [3.63, 3.8) is 0 Å². The van der Waals surface area contributed by atoms with Gasteiger partial charge in [0.15, 0.2) is 0 Å². The van der Waals surface area contributed by atoms with Crippen molar-refractivity contribution in [3.8, 4) is 11.8 Å². The Balaban J connectivity index is 2.11. The number of halogens is 2. The van der Waals surface area contributed by atoms with Gasteiger partial charge in [-0.05, 0) is 31.0 Å². The number of anilines is 1. The lowest BCUT2D eigenvalue weighted by atomic mass is 9.82. The van der Waals surface area contributed by atoms with Gasteiger partial charge in [-0.3, -0.25) is 0 Å². The van der Waals surface area contributed by atoms with Gasteiger partial charge in [0.05, 0.1) is 16.4 Å². The molecule has 3 rings (SSSR count). The van der Waals surface area contributed by atoms with Gasteiger partial charge in [-0.1, -0.05) is 18.0 Å². The van der Waals surface area contributed by atoms with E-state index in [1.807, 2.05) is 0 Å². The van der Waals surface area contributed by atoms with Gasteiger partial charge < -0.3 is 5.73 Å². The number of nitrogens with two attached hydrogens (primary N) is 1. The van der Waals surface area contributed by atoms with Crippen LogP contribution in [0.4, 0.5) is 10.2 Å². The van der Waals surface area contributed by atoms with E-state index >= 15 is 0 Å². The molecule has 0 radical (unpaired) electrons. The summed E-state index contributed by atoms with van der Waals surface area (Å²) in [5.74, 6) is 0.0714. The molecule has 1 aliphatic carbocycles. The summed E-state index contributed by atoms with van der Waals surface area (Å²) in [4.78, 5) is 0. The second kappa shape index (κ2) is 4.80. The van der Waals surface area contributed by atoms with Crippen LogP contribution in [0.1, 0.15) is 36.4 Å². The molecule has 4 nitrogen and oxygen atoms in total. The standard InChI is InChI=1S/C14H12ClFN4/c15-11-6-9(4-5-12(11)16)20-14(18)10(7-17)13(19-20)8-2-1-3-8/h4-6,8H,1-3,18H2. The van der Waals surface area contributed by atoms with E-state index in [4.69, 9.17) is 17.3 Å². The molecule has 1 heterocycles. The fourth-order valence-corrected chi connectivity index (χ4v) is 2.52. The van der Waals surface area contributed by atoms with E-state index in [9.17, 15) is 9.65 Å². The van der Waals surface area contributed by atoms with Crippen LogP contribution in [0.15, 0.2) is 18.2 Å². The average molecular weight is 291 g/mol. The monoisotopic (exact) mass is 290 g/mol. The first-order valence-electron chi connectivity index (χ1n) is 6.35. The number of rotatable bonds is 2. The summed E-state index contributed by atoms with van der Waals surface area (Å²) < 4.78 is 14.7. The molecule has 2 N–H and O–H groups in total. The van der Waals surface area contributed by atoms with E-state index in [0.717, 1.165) is 25.0 Å². The van der Waals surface area contributed by atoms with Gasteiger partial charge in [0, 0.05) is 5.92 Å². The maximum Gasteiger partial charge on any atom is 0.145 e. The van der Waals surface area contributed by atoms with Gasteiger partial charge in [0.2, 0.25) is 0 Å². The first-order valence-corrected chi connectivity index (χ1v) is 6.73. The number of hydrogen-bond donors (Lipinski definition) is 1. The number of aromatic nitrogens is 2. The summed E-state index contributed by atoms with van der Waals surface area (Å²) in [5, 5.41) is 13.7. The molecule has 6 heteroatoms. The van der Waals surface area contributed by atoms with Crippen molar-refractivity contribution in [1.29, 1.82) is 5.26 Å². The van der Waals surface area contributed by atoms with E-state index in [2.05, 4.69) is 11.2 Å². The minimum atomic E-state index is -0.499. The normalized spacial score (nSPS) is 14.8. The van der Waals surface area contributed by atoms with Crippen LogP contribution in [0.5, 0.6) is 0 Å². The first kappa shape index (κ1) is 12.9. The first-order chi connectivity index (χ1) is 9.61. The molecule has 1 aromatic carbocycles. The molecule has 0 bridgehead atoms. The molecule has 0 aliphatic heterocycles. The molecule has 102 valence electrons. The molecular weight excluding hydrogens is 279 g/mol. The lowest BCUT2D eigenvalue weighted by Gasteiger charge is -2.23. The van der Waals surface area contributed by atoms with Crippen LogP contribution in [0.25, 0.3) is 5.69 Å². The smallest absolute Gasteiger partial charge is 0.145 e. The van der Waals surface area contributed by atoms with E-state index in [1.165, 1.54) is 22.9 Å². The van der Waals surface area contributed by atoms with Crippen LogP contribution >= 0.6 is 11.6 Å². The predicted molar refractivity (Wildman–Crippen MR) is 74.3 cm³/mol. The molecular formula is C14H12ClFN4. The Morgan fingerprint density at radius 3 is 2.75 bits per heavy atom. The molecule has 1 fully saturated rings. The van der Waals surface area contributed by atoms with Crippen LogP contribution in [-0.2, 0) is 0 Å². The van der Waals surface area contributed by atoms with Crippen molar-refractivity contribution in [2.75, 3.05) is 5.73 Å². The topological polar surface area (TPSA) is 67.6 Å². The molecule has 1 saturated carbocycles. The zero-order chi connectivity index (χ0) is 14.3. The number of nitrogens with zero attached hydrogens (tertiary/aromatic N) is 3. The summed E-state index contributed by atoms with van der Waals surface area (Å²) in [7, 11) is 0. The van der Waals surface area contributed by atoms with Gasteiger partial charge >= 0.3 is 0 Å². The van der Waals surface area contributed by atoms with Crippen molar-refractivity contribution < 1.29 is 4.39 Å². The highest BCUT2D eigenvalue weighted by atomic mass is 35.5. The van der Waals surface area contributed by atoms with Crippen LogP contribution < -0.4 is 5.73 Å². The Morgan fingerprint density at radius 2 is 2.20 bits per heavy atom. The molecule has 0 atom stereocenters. The quantitative estimate of drug-likeness (QED) is 0.922. The maximum atomic E-state index is 13.2. The Bertz CT molecular complexity index is 713. The van der Waals surface area contributed by atoms with Crippen molar-refractivity contribution >= 4 is 17.4 Å². The molecule has 0 unspecified atom stereocenters. The van der Waals surface area contributed by atoms with Gasteiger partial charge in [-0.25, -0.2) is 9.07 Å². The van der Waals surface area contributed by atoms with Gasteiger partial charge in [0.25, 0.3) is 0 Å². The highest BCUT2D eigenvalue weighted by Gasteiger charge is 2.28. The number of nitriles is 1. The van der Waals surface area contributed by atoms with Crippen LogP contribution in [0.2, 0.25) is 5.02 Å². The summed E-state index contributed by atoms with van der Waals surface area (Å²) in [6.07, 6.45) is 3.19. The third kappa shape index (κ3) is 1.93. The van der Waals surface area contributed by atoms with Crippen molar-refractivity contribution in [1.82, 2.24) is 9.78 Å². The third-order valence-corrected chi connectivity index (χ3v) is 3.99. The maximum absolute atomic E-state index is 13.2. The zero-order valence-corrected chi connectivity index (χ0v) is 11.4. The summed E-state index contributed by atoms with van der Waals surface area (Å²) >= 11 is 5.78. The van der Waals surface area contributed by atoms with E-state index in [1.54, 1.807) is 0 Å². The third-order valence-electron chi connectivity index (χ3n) is 3.70. The van der Waals surface area contributed by atoms with Crippen LogP contribution in [0.3, 0.4) is 0 Å². The fraction of sp³-hybridized carbons (Fsp3) is 0.286. The van der Waals surface area contributed by atoms with Gasteiger partial charge in [-0.2, -0.15) is 10.4 Å². The van der Waals surface area contributed by atoms with Crippen LogP contribution in [-0.4, -0.2) is 9.78 Å². The fourth-order valence-electron chi connectivity index (χ4n) is 2.34. The second-order valence-electron chi connectivity index (χ2n) is 4.90. The lowest BCUT2D eigenvalue weighted by molar-refractivity contribution is 0.408. The zero-order valence-electron chi connectivity index (χ0n) is 10.6. The Labute approximate surface area is 120 Å². The number of nitrogen functional groups attached to an aromatic ring is 1. The van der Waals surface area contributed by atoms with Crippen molar-refractivity contribution in [2.24, 2.45) is 0 Å². The lowest BCUT2D eigenvalue weighted by Crippen LogP contribution is -2.11. The molecule has 20 heavy (non-hydrogen) atoms. The molecule has 0 saturated heterocycles. The molecule has 2 aromatic rings. The van der Waals surface area contributed by atoms with Crippen molar-refractivity contribution in [2.45, 2.75) is 25.2 Å². The van der Waals surface area contributed by atoms with E-state index in [0.29, 0.717) is 17.2 Å². The van der Waals surface area contributed by atoms with Gasteiger partial charge in [-0.15, -0.1) is 0 Å². The second-order valence-corrected chi connectivity index (χ2v) is 5.30. The van der Waals surface area contributed by atoms with Crippen LogP contribution in [0, 0.1) is 17.1 Å². The molecule has 0 spiro atoms.